The molecule has 0 bridgehead atoms. The van der Waals surface area contributed by atoms with Crippen LogP contribution in [0.5, 0.6) is 5.75 Å². The number of benzene rings is 2. The first-order valence-electron chi connectivity index (χ1n) is 6.01. The highest BCUT2D eigenvalue weighted by molar-refractivity contribution is 5.79. The van der Waals surface area contributed by atoms with Crippen LogP contribution in [-0.2, 0) is 6.61 Å². The molecule has 0 aromatic heterocycles. The standard InChI is InChI=1S/C15H17N3O/c1-11-2-4-12(5-3-11)10-19-14-8-6-13(7-9-14)18-15(16)17/h2-9H,10H2,1H3,(H4,16,17,18). The number of hydrogen-bond donors (Lipinski definition) is 2. The Morgan fingerprint density at radius 3 is 2.21 bits per heavy atom. The minimum atomic E-state index is 0.0494. The Balaban J connectivity index is 1.96. The molecule has 0 aliphatic heterocycles. The number of aryl methyl sites for hydroxylation is 1. The monoisotopic (exact) mass is 255 g/mol. The van der Waals surface area contributed by atoms with Crippen molar-refractivity contribution < 1.29 is 4.74 Å². The highest BCUT2D eigenvalue weighted by Crippen LogP contribution is 2.19. The fourth-order valence-electron chi connectivity index (χ4n) is 1.62. The van der Waals surface area contributed by atoms with E-state index in [2.05, 4.69) is 36.2 Å². The molecule has 4 heteroatoms. The predicted molar refractivity (Wildman–Crippen MR) is 77.4 cm³/mol. The first-order valence-corrected chi connectivity index (χ1v) is 6.01. The fraction of sp³-hybridized carbons (Fsp3) is 0.133. The van der Waals surface area contributed by atoms with Gasteiger partial charge in [0.15, 0.2) is 5.96 Å². The van der Waals surface area contributed by atoms with Crippen molar-refractivity contribution in [3.63, 3.8) is 0 Å². The average Bonchev–Trinajstić information content (AvgIpc) is 2.39. The van der Waals surface area contributed by atoms with Gasteiger partial charge in [0, 0.05) is 0 Å². The molecule has 0 radical (unpaired) electrons. The van der Waals surface area contributed by atoms with Gasteiger partial charge in [-0.05, 0) is 36.8 Å². The summed E-state index contributed by atoms with van der Waals surface area (Å²) in [5.41, 5.74) is 13.7. The maximum absolute atomic E-state index is 5.68. The van der Waals surface area contributed by atoms with Crippen molar-refractivity contribution in [3.8, 4) is 5.75 Å². The van der Waals surface area contributed by atoms with E-state index in [1.54, 1.807) is 0 Å². The topological polar surface area (TPSA) is 73.6 Å². The Hall–Kier alpha value is -2.49. The summed E-state index contributed by atoms with van der Waals surface area (Å²) in [7, 11) is 0. The highest BCUT2D eigenvalue weighted by atomic mass is 16.5. The molecule has 98 valence electrons. The summed E-state index contributed by atoms with van der Waals surface area (Å²) in [5.74, 6) is 0.837. The van der Waals surface area contributed by atoms with Crippen LogP contribution in [0.4, 0.5) is 5.69 Å². The van der Waals surface area contributed by atoms with E-state index < -0.39 is 0 Å². The van der Waals surface area contributed by atoms with Crippen molar-refractivity contribution in [3.05, 3.63) is 59.7 Å². The average molecular weight is 255 g/mol. The number of nitrogens with zero attached hydrogens (tertiary/aromatic N) is 1. The second-order valence-electron chi connectivity index (χ2n) is 4.30. The van der Waals surface area contributed by atoms with Crippen molar-refractivity contribution in [1.82, 2.24) is 0 Å². The molecule has 2 rings (SSSR count). The van der Waals surface area contributed by atoms with Crippen LogP contribution in [0, 0.1) is 6.92 Å². The molecule has 0 amide bonds. The Morgan fingerprint density at radius 1 is 1.00 bits per heavy atom. The normalized spacial score (nSPS) is 9.95. The van der Waals surface area contributed by atoms with Gasteiger partial charge in [0.1, 0.15) is 12.4 Å². The van der Waals surface area contributed by atoms with Crippen molar-refractivity contribution in [2.45, 2.75) is 13.5 Å². The Kier molecular flexibility index (Phi) is 4.03. The van der Waals surface area contributed by atoms with Crippen LogP contribution in [0.25, 0.3) is 0 Å². The largest absolute Gasteiger partial charge is 0.489 e. The number of hydrogen-bond acceptors (Lipinski definition) is 2. The fourth-order valence-corrected chi connectivity index (χ4v) is 1.62. The SMILES string of the molecule is Cc1ccc(COc2ccc(N=C(N)N)cc2)cc1. The van der Waals surface area contributed by atoms with E-state index in [1.165, 1.54) is 5.56 Å². The number of nitrogens with two attached hydrogens (primary N) is 2. The summed E-state index contributed by atoms with van der Waals surface area (Å²) >= 11 is 0. The molecule has 4 nitrogen and oxygen atoms in total. The molecule has 2 aromatic rings. The van der Waals surface area contributed by atoms with E-state index in [1.807, 2.05) is 24.3 Å². The number of guanidine groups is 1. The zero-order valence-corrected chi connectivity index (χ0v) is 10.8. The van der Waals surface area contributed by atoms with Crippen molar-refractivity contribution >= 4 is 11.6 Å². The molecule has 2 aromatic carbocycles. The molecule has 0 atom stereocenters. The van der Waals surface area contributed by atoms with E-state index in [9.17, 15) is 0 Å². The van der Waals surface area contributed by atoms with Crippen LogP contribution in [0.15, 0.2) is 53.5 Å². The van der Waals surface area contributed by atoms with E-state index in [-0.39, 0.29) is 5.96 Å². The summed E-state index contributed by atoms with van der Waals surface area (Å²) < 4.78 is 5.68. The molecule has 0 saturated carbocycles. The zero-order valence-electron chi connectivity index (χ0n) is 10.8. The molecule has 0 fully saturated rings. The van der Waals surface area contributed by atoms with Gasteiger partial charge in [-0.2, -0.15) is 0 Å². The van der Waals surface area contributed by atoms with Crippen molar-refractivity contribution in [2.75, 3.05) is 0 Å². The second-order valence-corrected chi connectivity index (χ2v) is 4.30. The Morgan fingerprint density at radius 2 is 1.63 bits per heavy atom. The van der Waals surface area contributed by atoms with Crippen LogP contribution in [0.3, 0.4) is 0 Å². The van der Waals surface area contributed by atoms with Crippen LogP contribution < -0.4 is 16.2 Å². The smallest absolute Gasteiger partial charge is 0.191 e. The van der Waals surface area contributed by atoms with E-state index in [0.717, 1.165) is 11.3 Å². The summed E-state index contributed by atoms with van der Waals surface area (Å²) in [6.07, 6.45) is 0. The van der Waals surface area contributed by atoms with Crippen molar-refractivity contribution in [2.24, 2.45) is 16.5 Å². The maximum atomic E-state index is 5.68. The van der Waals surface area contributed by atoms with Crippen LogP contribution in [0.2, 0.25) is 0 Å². The van der Waals surface area contributed by atoms with Gasteiger partial charge < -0.3 is 16.2 Å². The maximum Gasteiger partial charge on any atom is 0.191 e. The lowest BCUT2D eigenvalue weighted by Gasteiger charge is -2.06. The third-order valence-electron chi connectivity index (χ3n) is 2.62. The zero-order chi connectivity index (χ0) is 13.7. The van der Waals surface area contributed by atoms with Crippen molar-refractivity contribution in [1.29, 1.82) is 0 Å². The molecule has 0 saturated heterocycles. The van der Waals surface area contributed by atoms with Crippen LogP contribution in [0.1, 0.15) is 11.1 Å². The number of aliphatic imine (C=N–C) groups is 1. The predicted octanol–water partition coefficient (Wildman–Crippen LogP) is 2.48. The van der Waals surface area contributed by atoms with Gasteiger partial charge in [0.2, 0.25) is 0 Å². The first kappa shape index (κ1) is 13.0. The van der Waals surface area contributed by atoms with Crippen LogP contribution >= 0.6 is 0 Å². The first-order chi connectivity index (χ1) is 9.13. The molecule has 4 N–H and O–H groups in total. The molecule has 0 unspecified atom stereocenters. The van der Waals surface area contributed by atoms with E-state index in [4.69, 9.17) is 16.2 Å². The second kappa shape index (κ2) is 5.91. The third kappa shape index (κ3) is 4.03. The molecular weight excluding hydrogens is 238 g/mol. The lowest BCUT2D eigenvalue weighted by Crippen LogP contribution is -2.21. The summed E-state index contributed by atoms with van der Waals surface area (Å²) in [4.78, 5) is 3.95. The Bertz CT molecular complexity index is 555. The minimum absolute atomic E-state index is 0.0494. The van der Waals surface area contributed by atoms with E-state index >= 15 is 0 Å². The molecule has 19 heavy (non-hydrogen) atoms. The lowest BCUT2D eigenvalue weighted by molar-refractivity contribution is 0.306. The third-order valence-corrected chi connectivity index (χ3v) is 2.62. The van der Waals surface area contributed by atoms with Gasteiger partial charge in [0.05, 0.1) is 5.69 Å². The molecule has 0 aliphatic rings. The highest BCUT2D eigenvalue weighted by Gasteiger charge is 1.97. The van der Waals surface area contributed by atoms with Gasteiger partial charge in [-0.3, -0.25) is 0 Å². The summed E-state index contributed by atoms with van der Waals surface area (Å²) in [6, 6.07) is 15.6. The molecule has 0 spiro atoms. The number of ether oxygens (including phenoxy) is 1. The molecule has 0 heterocycles. The van der Waals surface area contributed by atoms with Gasteiger partial charge in [-0.25, -0.2) is 4.99 Å². The minimum Gasteiger partial charge on any atom is -0.489 e. The van der Waals surface area contributed by atoms with Gasteiger partial charge in [-0.15, -0.1) is 0 Å². The number of rotatable bonds is 4. The quantitative estimate of drug-likeness (QED) is 0.651. The lowest BCUT2D eigenvalue weighted by atomic mass is 10.2. The van der Waals surface area contributed by atoms with Gasteiger partial charge in [-0.1, -0.05) is 29.8 Å². The molecular formula is C15H17N3O. The summed E-state index contributed by atoms with van der Waals surface area (Å²) in [6.45, 7) is 2.61. The Labute approximate surface area is 112 Å². The van der Waals surface area contributed by atoms with E-state index in [0.29, 0.717) is 12.3 Å². The van der Waals surface area contributed by atoms with Gasteiger partial charge in [0.25, 0.3) is 0 Å². The van der Waals surface area contributed by atoms with Crippen LogP contribution in [-0.4, -0.2) is 5.96 Å². The summed E-state index contributed by atoms with van der Waals surface area (Å²) in [5, 5.41) is 0. The van der Waals surface area contributed by atoms with Gasteiger partial charge >= 0.3 is 0 Å². The molecule has 0 aliphatic carbocycles.